The monoisotopic (exact) mass is 340 g/mol. The molecule has 0 aliphatic heterocycles. The van der Waals surface area contributed by atoms with E-state index >= 15 is 0 Å². The third-order valence-corrected chi connectivity index (χ3v) is 4.20. The van der Waals surface area contributed by atoms with Gasteiger partial charge in [0.2, 0.25) is 15.8 Å². The summed E-state index contributed by atoms with van der Waals surface area (Å²) in [5.41, 5.74) is 5.34. The van der Waals surface area contributed by atoms with Crippen molar-refractivity contribution in [2.45, 2.75) is 31.1 Å². The van der Waals surface area contributed by atoms with Gasteiger partial charge in [0.1, 0.15) is 10.7 Å². The number of hydrogen-bond donors (Lipinski definition) is 2. The van der Waals surface area contributed by atoms with Crippen LogP contribution in [0.2, 0.25) is 0 Å². The van der Waals surface area contributed by atoms with E-state index in [1.54, 1.807) is 6.92 Å². The van der Waals surface area contributed by atoms with Crippen LogP contribution in [0.4, 0.5) is 0 Å². The van der Waals surface area contributed by atoms with Gasteiger partial charge in [-0.3, -0.25) is 0 Å². The molecule has 122 valence electrons. The summed E-state index contributed by atoms with van der Waals surface area (Å²) in [7, 11) is -2.49. The molecular formula is C12H21ClN2O5S. The van der Waals surface area contributed by atoms with Crippen LogP contribution in [0.5, 0.6) is 0 Å². The lowest BCUT2D eigenvalue weighted by Crippen LogP contribution is -2.25. The molecule has 3 N–H and O–H groups in total. The lowest BCUT2D eigenvalue weighted by Gasteiger charge is -2.05. The first-order valence-electron chi connectivity index (χ1n) is 6.37. The minimum absolute atomic E-state index is 0. The number of carbonyl (C=O) groups is 1. The number of rotatable bonds is 8. The van der Waals surface area contributed by atoms with E-state index in [0.29, 0.717) is 25.9 Å². The normalized spacial score (nSPS) is 11.0. The van der Waals surface area contributed by atoms with E-state index in [1.165, 1.54) is 13.2 Å². The summed E-state index contributed by atoms with van der Waals surface area (Å²) in [6.45, 7) is 2.55. The first kappa shape index (κ1) is 19.9. The van der Waals surface area contributed by atoms with Gasteiger partial charge in [-0.25, -0.2) is 17.9 Å². The quantitative estimate of drug-likeness (QED) is 0.540. The molecule has 0 unspecified atom stereocenters. The number of esters is 1. The molecule has 0 aliphatic rings. The van der Waals surface area contributed by atoms with E-state index in [0.717, 1.165) is 6.42 Å². The van der Waals surface area contributed by atoms with Crippen LogP contribution in [-0.4, -0.2) is 34.6 Å². The number of methoxy groups -OCH3 is 1. The van der Waals surface area contributed by atoms with Crippen molar-refractivity contribution in [3.8, 4) is 0 Å². The van der Waals surface area contributed by atoms with Gasteiger partial charge in [-0.15, -0.1) is 12.4 Å². The molecule has 1 aromatic rings. The number of nitrogens with two attached hydrogens (primary N) is 1. The second-order valence-corrected chi connectivity index (χ2v) is 5.87. The Balaban J connectivity index is 0.00000400. The Kier molecular flexibility index (Phi) is 8.57. The lowest BCUT2D eigenvalue weighted by atomic mass is 10.3. The molecule has 0 saturated carbocycles. The number of unbranched alkanes of at least 4 members (excludes halogenated alkanes) is 1. The van der Waals surface area contributed by atoms with Crippen LogP contribution in [0, 0.1) is 0 Å². The number of ether oxygens (including phenoxy) is 1. The largest absolute Gasteiger partial charge is 0.463 e. The van der Waals surface area contributed by atoms with Crippen LogP contribution in [-0.2, 0) is 21.2 Å². The minimum atomic E-state index is -3.70. The molecule has 0 spiro atoms. The van der Waals surface area contributed by atoms with E-state index in [4.69, 9.17) is 10.2 Å². The first-order chi connectivity index (χ1) is 9.46. The van der Waals surface area contributed by atoms with Crippen molar-refractivity contribution in [3.63, 3.8) is 0 Å². The van der Waals surface area contributed by atoms with Gasteiger partial charge in [0.15, 0.2) is 0 Å². The molecule has 0 amide bonds. The van der Waals surface area contributed by atoms with Gasteiger partial charge in [-0.1, -0.05) is 6.92 Å². The van der Waals surface area contributed by atoms with Crippen molar-refractivity contribution >= 4 is 28.4 Å². The van der Waals surface area contributed by atoms with Gasteiger partial charge in [0.05, 0.1) is 7.11 Å². The summed E-state index contributed by atoms with van der Waals surface area (Å²) in [5.74, 6) is -0.590. The van der Waals surface area contributed by atoms with Crippen LogP contribution in [0.3, 0.4) is 0 Å². The number of nitrogens with one attached hydrogen (secondary N) is 1. The summed E-state index contributed by atoms with van der Waals surface area (Å²) in [5, 5.41) is 0. The van der Waals surface area contributed by atoms with E-state index in [1.807, 2.05) is 0 Å². The molecule has 0 atom stereocenters. The molecule has 21 heavy (non-hydrogen) atoms. The molecule has 9 heteroatoms. The maximum absolute atomic E-state index is 12.1. The number of sulfonamides is 1. The zero-order chi connectivity index (χ0) is 15.2. The molecule has 0 aromatic carbocycles. The zero-order valence-corrected chi connectivity index (χ0v) is 13.7. The number of carbonyl (C=O) groups excluding carboxylic acids is 1. The van der Waals surface area contributed by atoms with Crippen molar-refractivity contribution in [3.05, 3.63) is 17.6 Å². The number of furan rings is 1. The second kappa shape index (κ2) is 9.04. The fraction of sp³-hybridized carbons (Fsp3) is 0.583. The standard InChI is InChI=1S/C12H20N2O5S.ClH/c1-3-9-11(8-10(19-9)12(15)18-2)20(16,17)14-7-5-4-6-13;/h8,14H,3-7,13H2,1-2H3;1H. The van der Waals surface area contributed by atoms with Crippen molar-refractivity contribution in [1.29, 1.82) is 0 Å². The maximum Gasteiger partial charge on any atom is 0.373 e. The number of aryl methyl sites for hydroxylation is 1. The smallest absolute Gasteiger partial charge is 0.373 e. The molecule has 1 rings (SSSR count). The second-order valence-electron chi connectivity index (χ2n) is 4.14. The van der Waals surface area contributed by atoms with E-state index in [2.05, 4.69) is 9.46 Å². The Morgan fingerprint density at radius 2 is 2.10 bits per heavy atom. The Bertz CT molecular complexity index is 556. The molecular weight excluding hydrogens is 320 g/mol. The highest BCUT2D eigenvalue weighted by Gasteiger charge is 2.25. The molecule has 1 aromatic heterocycles. The molecule has 1 heterocycles. The minimum Gasteiger partial charge on any atom is -0.463 e. The van der Waals surface area contributed by atoms with Gasteiger partial charge in [0, 0.05) is 19.0 Å². The van der Waals surface area contributed by atoms with Crippen molar-refractivity contribution in [1.82, 2.24) is 4.72 Å². The average Bonchev–Trinajstić information content (AvgIpc) is 2.88. The summed E-state index contributed by atoms with van der Waals surface area (Å²) >= 11 is 0. The number of halogens is 1. The van der Waals surface area contributed by atoms with Gasteiger partial charge in [-0.05, 0) is 19.4 Å². The predicted molar refractivity (Wildman–Crippen MR) is 80.2 cm³/mol. The van der Waals surface area contributed by atoms with Crippen molar-refractivity contribution in [2.24, 2.45) is 5.73 Å². The zero-order valence-electron chi connectivity index (χ0n) is 12.0. The Morgan fingerprint density at radius 1 is 1.43 bits per heavy atom. The molecule has 0 bridgehead atoms. The van der Waals surface area contributed by atoms with Gasteiger partial charge in [0.25, 0.3) is 0 Å². The lowest BCUT2D eigenvalue weighted by molar-refractivity contribution is 0.0563. The van der Waals surface area contributed by atoms with E-state index in [9.17, 15) is 13.2 Å². The van der Waals surface area contributed by atoms with E-state index in [-0.39, 0.29) is 28.8 Å². The molecule has 0 fully saturated rings. The van der Waals surface area contributed by atoms with Gasteiger partial charge in [-0.2, -0.15) is 0 Å². The van der Waals surface area contributed by atoms with Crippen molar-refractivity contribution < 1.29 is 22.4 Å². The molecule has 0 saturated heterocycles. The highest BCUT2D eigenvalue weighted by molar-refractivity contribution is 7.89. The maximum atomic E-state index is 12.1. The number of hydrogen-bond acceptors (Lipinski definition) is 6. The third kappa shape index (κ3) is 5.31. The fourth-order valence-corrected chi connectivity index (χ4v) is 2.96. The summed E-state index contributed by atoms with van der Waals surface area (Å²) in [6, 6.07) is 1.19. The fourth-order valence-electron chi connectivity index (χ4n) is 1.64. The Labute approximate surface area is 130 Å². The summed E-state index contributed by atoms with van der Waals surface area (Å²) < 4.78 is 36.5. The topological polar surface area (TPSA) is 112 Å². The Hall–Kier alpha value is -1.09. The highest BCUT2D eigenvalue weighted by Crippen LogP contribution is 2.22. The SMILES string of the molecule is CCc1oc(C(=O)OC)cc1S(=O)(=O)NCCCCN.Cl. The van der Waals surface area contributed by atoms with Crippen LogP contribution >= 0.6 is 12.4 Å². The van der Waals surface area contributed by atoms with Gasteiger partial charge < -0.3 is 14.9 Å². The van der Waals surface area contributed by atoms with Crippen LogP contribution in [0.25, 0.3) is 0 Å². The molecule has 0 aliphatic carbocycles. The average molecular weight is 341 g/mol. The summed E-state index contributed by atoms with van der Waals surface area (Å²) in [6.07, 6.45) is 1.75. The Morgan fingerprint density at radius 3 is 2.62 bits per heavy atom. The first-order valence-corrected chi connectivity index (χ1v) is 7.85. The van der Waals surface area contributed by atoms with Crippen LogP contribution < -0.4 is 10.5 Å². The highest BCUT2D eigenvalue weighted by atomic mass is 35.5. The van der Waals surface area contributed by atoms with Gasteiger partial charge >= 0.3 is 5.97 Å². The van der Waals surface area contributed by atoms with Crippen LogP contribution in [0.1, 0.15) is 36.1 Å². The molecule has 0 radical (unpaired) electrons. The third-order valence-electron chi connectivity index (χ3n) is 2.69. The predicted octanol–water partition coefficient (Wildman–Crippen LogP) is 1.07. The summed E-state index contributed by atoms with van der Waals surface area (Å²) in [4.78, 5) is 11.4. The molecule has 7 nitrogen and oxygen atoms in total. The van der Waals surface area contributed by atoms with E-state index < -0.39 is 16.0 Å². The van der Waals surface area contributed by atoms with Crippen molar-refractivity contribution in [2.75, 3.05) is 20.2 Å². The van der Waals surface area contributed by atoms with Crippen LogP contribution in [0.15, 0.2) is 15.4 Å².